The van der Waals surface area contributed by atoms with Gasteiger partial charge in [0.05, 0.1) is 5.33 Å². The summed E-state index contributed by atoms with van der Waals surface area (Å²) < 4.78 is 11.0. The summed E-state index contributed by atoms with van der Waals surface area (Å²) in [5.41, 5.74) is 0. The van der Waals surface area contributed by atoms with Crippen LogP contribution < -0.4 is 5.32 Å². The van der Waals surface area contributed by atoms with Crippen molar-refractivity contribution in [2.75, 3.05) is 16.8 Å². The molecule has 0 unspecified atom stereocenters. The van der Waals surface area contributed by atoms with Crippen LogP contribution >= 0.6 is 15.9 Å². The second kappa shape index (κ2) is 4.97. The van der Waals surface area contributed by atoms with Gasteiger partial charge in [0.25, 0.3) is 0 Å². The minimum Gasteiger partial charge on any atom is -0.353 e. The van der Waals surface area contributed by atoms with Crippen molar-refractivity contribution in [3.8, 4) is 0 Å². The van der Waals surface area contributed by atoms with E-state index in [1.165, 1.54) is 0 Å². The Hall–Kier alpha value is 0.1000. The summed E-state index contributed by atoms with van der Waals surface area (Å²) in [5.74, 6) is 1.48. The van der Waals surface area contributed by atoms with Crippen molar-refractivity contribution in [2.24, 2.45) is 0 Å². The largest absolute Gasteiger partial charge is 0.353 e. The zero-order valence-corrected chi connectivity index (χ0v) is 9.12. The molecule has 0 radical (unpaired) electrons. The van der Waals surface area contributed by atoms with Crippen molar-refractivity contribution in [3.63, 3.8) is 0 Å². The molecule has 0 aromatic carbocycles. The van der Waals surface area contributed by atoms with E-state index in [-0.39, 0.29) is 11.9 Å². The van der Waals surface area contributed by atoms with Crippen molar-refractivity contribution < 1.29 is 9.00 Å². The van der Waals surface area contributed by atoms with Gasteiger partial charge < -0.3 is 5.32 Å². The van der Waals surface area contributed by atoms with Gasteiger partial charge in [-0.15, -0.1) is 0 Å². The van der Waals surface area contributed by atoms with E-state index in [1.54, 1.807) is 0 Å². The normalized spacial score (nSPS) is 29.8. The van der Waals surface area contributed by atoms with Crippen LogP contribution in [0.2, 0.25) is 0 Å². The molecule has 1 saturated heterocycles. The van der Waals surface area contributed by atoms with Gasteiger partial charge in [0.2, 0.25) is 5.91 Å². The van der Waals surface area contributed by atoms with Crippen LogP contribution in [0.15, 0.2) is 0 Å². The molecule has 0 saturated carbocycles. The lowest BCUT2D eigenvalue weighted by atomic mass is 10.1. The Morgan fingerprint density at radius 3 is 2.58 bits per heavy atom. The van der Waals surface area contributed by atoms with Crippen LogP contribution in [-0.4, -0.2) is 33.0 Å². The van der Waals surface area contributed by atoms with E-state index in [2.05, 4.69) is 21.2 Å². The van der Waals surface area contributed by atoms with Crippen LogP contribution in [-0.2, 0) is 15.6 Å². The third-order valence-electron chi connectivity index (χ3n) is 1.87. The Morgan fingerprint density at radius 2 is 2.08 bits per heavy atom. The molecule has 12 heavy (non-hydrogen) atoms. The quantitative estimate of drug-likeness (QED) is 0.725. The summed E-state index contributed by atoms with van der Waals surface area (Å²) in [6.45, 7) is 0. The predicted molar refractivity (Wildman–Crippen MR) is 52.8 cm³/mol. The van der Waals surface area contributed by atoms with Gasteiger partial charge in [-0.1, -0.05) is 15.9 Å². The van der Waals surface area contributed by atoms with Crippen LogP contribution in [0.25, 0.3) is 0 Å². The smallest absolute Gasteiger partial charge is 0.230 e. The maximum absolute atomic E-state index is 11.0. The molecule has 70 valence electrons. The standard InChI is InChI=1S/C7H12BrNO2S/c8-5-7(10)9-6-1-3-12(11)4-2-6/h6H,1-5H2,(H,9,10). The highest BCUT2D eigenvalue weighted by Gasteiger charge is 2.18. The second-order valence-corrected chi connectivity index (χ2v) is 5.08. The van der Waals surface area contributed by atoms with Crippen molar-refractivity contribution in [3.05, 3.63) is 0 Å². The van der Waals surface area contributed by atoms with Crippen LogP contribution in [0, 0.1) is 0 Å². The number of nitrogens with one attached hydrogen (secondary N) is 1. The highest BCUT2D eigenvalue weighted by atomic mass is 79.9. The fraction of sp³-hybridized carbons (Fsp3) is 0.857. The first-order chi connectivity index (χ1) is 5.72. The van der Waals surface area contributed by atoms with Gasteiger partial charge in [-0.25, -0.2) is 0 Å². The molecule has 0 aliphatic carbocycles. The fourth-order valence-corrected chi connectivity index (χ4v) is 2.67. The molecule has 3 nitrogen and oxygen atoms in total. The number of rotatable bonds is 2. The average Bonchev–Trinajstić information content (AvgIpc) is 2.09. The average molecular weight is 254 g/mol. The van der Waals surface area contributed by atoms with E-state index in [9.17, 15) is 9.00 Å². The van der Waals surface area contributed by atoms with Gasteiger partial charge in [-0.2, -0.15) is 0 Å². The first-order valence-electron chi connectivity index (χ1n) is 3.92. The predicted octanol–water partition coefficient (Wildman–Crippen LogP) is 0.409. The molecule has 1 aliphatic heterocycles. The number of hydrogen-bond acceptors (Lipinski definition) is 2. The Bertz CT molecular complexity index is 188. The Morgan fingerprint density at radius 1 is 1.50 bits per heavy atom. The van der Waals surface area contributed by atoms with Crippen LogP contribution in [0.3, 0.4) is 0 Å². The molecule has 0 aromatic rings. The number of carbonyl (C=O) groups is 1. The summed E-state index contributed by atoms with van der Waals surface area (Å²) in [6.07, 6.45) is 1.71. The molecule has 5 heteroatoms. The molecule has 1 heterocycles. The maximum atomic E-state index is 11.0. The third kappa shape index (κ3) is 3.23. The zero-order chi connectivity index (χ0) is 8.97. The molecule has 1 rings (SSSR count). The molecular formula is C7H12BrNO2S. The minimum absolute atomic E-state index is 0.0210. The molecule has 1 aliphatic rings. The van der Waals surface area contributed by atoms with Crippen molar-refractivity contribution in [1.29, 1.82) is 0 Å². The Balaban J connectivity index is 2.26. The van der Waals surface area contributed by atoms with Crippen molar-refractivity contribution in [1.82, 2.24) is 5.32 Å². The van der Waals surface area contributed by atoms with E-state index < -0.39 is 10.8 Å². The van der Waals surface area contributed by atoms with Gasteiger partial charge in [-0.3, -0.25) is 9.00 Å². The zero-order valence-electron chi connectivity index (χ0n) is 6.72. The lowest BCUT2D eigenvalue weighted by Crippen LogP contribution is -2.40. The summed E-state index contributed by atoms with van der Waals surface area (Å²) in [5, 5.41) is 3.22. The monoisotopic (exact) mass is 253 g/mol. The number of amides is 1. The van der Waals surface area contributed by atoms with Crippen LogP contribution in [0.5, 0.6) is 0 Å². The first-order valence-corrected chi connectivity index (χ1v) is 6.53. The number of alkyl halides is 1. The maximum Gasteiger partial charge on any atom is 0.230 e. The summed E-state index contributed by atoms with van der Waals surface area (Å²) in [4.78, 5) is 10.9. The highest BCUT2D eigenvalue weighted by Crippen LogP contribution is 2.08. The minimum atomic E-state index is -0.641. The van der Waals surface area contributed by atoms with E-state index >= 15 is 0 Å². The molecular weight excluding hydrogens is 242 g/mol. The number of hydrogen-bond donors (Lipinski definition) is 1. The molecule has 1 N–H and O–H groups in total. The van der Waals surface area contributed by atoms with Gasteiger partial charge in [-0.05, 0) is 12.8 Å². The summed E-state index contributed by atoms with van der Waals surface area (Å²) >= 11 is 3.08. The summed E-state index contributed by atoms with van der Waals surface area (Å²) in [7, 11) is -0.641. The molecule has 0 atom stereocenters. The highest BCUT2D eigenvalue weighted by molar-refractivity contribution is 9.09. The van der Waals surface area contributed by atoms with Gasteiger partial charge in [0, 0.05) is 28.3 Å². The van der Waals surface area contributed by atoms with Gasteiger partial charge in [0.1, 0.15) is 0 Å². The van der Waals surface area contributed by atoms with Gasteiger partial charge in [0.15, 0.2) is 0 Å². The second-order valence-electron chi connectivity index (χ2n) is 2.82. The van der Waals surface area contributed by atoms with E-state index in [1.807, 2.05) is 0 Å². The van der Waals surface area contributed by atoms with Crippen LogP contribution in [0.1, 0.15) is 12.8 Å². The first kappa shape index (κ1) is 10.2. The molecule has 1 fully saturated rings. The number of halogens is 1. The fourth-order valence-electron chi connectivity index (χ4n) is 1.20. The third-order valence-corrected chi connectivity index (χ3v) is 3.77. The lowest BCUT2D eigenvalue weighted by Gasteiger charge is -2.21. The summed E-state index contributed by atoms with van der Waals surface area (Å²) in [6, 6.07) is 0.243. The molecule has 0 spiro atoms. The van der Waals surface area contributed by atoms with E-state index in [0.717, 1.165) is 24.3 Å². The molecule has 0 bridgehead atoms. The van der Waals surface area contributed by atoms with Crippen molar-refractivity contribution >= 4 is 32.6 Å². The Labute approximate surface area is 82.9 Å². The van der Waals surface area contributed by atoms with Gasteiger partial charge >= 0.3 is 0 Å². The SMILES string of the molecule is O=C(CBr)NC1CCS(=O)CC1. The van der Waals surface area contributed by atoms with E-state index in [4.69, 9.17) is 0 Å². The lowest BCUT2D eigenvalue weighted by molar-refractivity contribution is -0.119. The molecule has 1 amide bonds. The van der Waals surface area contributed by atoms with Crippen molar-refractivity contribution in [2.45, 2.75) is 18.9 Å². The Kier molecular flexibility index (Phi) is 4.21. The number of carbonyl (C=O) groups excluding carboxylic acids is 1. The topological polar surface area (TPSA) is 46.2 Å². The van der Waals surface area contributed by atoms with E-state index in [0.29, 0.717) is 5.33 Å². The van der Waals surface area contributed by atoms with Crippen LogP contribution in [0.4, 0.5) is 0 Å². The molecule has 0 aromatic heterocycles.